The lowest BCUT2D eigenvalue weighted by Gasteiger charge is -2.33. The van der Waals surface area contributed by atoms with E-state index in [2.05, 4.69) is 58.8 Å². The fourth-order valence-electron chi connectivity index (χ4n) is 4.96. The third-order valence-corrected chi connectivity index (χ3v) is 8.52. The fourth-order valence-corrected chi connectivity index (χ4v) is 5.83. The van der Waals surface area contributed by atoms with Crippen LogP contribution in [0.5, 0.6) is 5.75 Å². The number of rotatable bonds is 4. The van der Waals surface area contributed by atoms with Crippen LogP contribution < -0.4 is 9.64 Å². The van der Waals surface area contributed by atoms with Crippen molar-refractivity contribution in [1.82, 2.24) is 19.4 Å². The third-order valence-electron chi connectivity index (χ3n) is 7.10. The van der Waals surface area contributed by atoms with Crippen molar-refractivity contribution in [2.75, 3.05) is 37.3 Å². The molecule has 0 bridgehead atoms. The van der Waals surface area contributed by atoms with E-state index >= 15 is 0 Å². The number of ether oxygens (including phenoxy) is 1. The van der Waals surface area contributed by atoms with E-state index in [0.29, 0.717) is 24.3 Å². The maximum Gasteiger partial charge on any atom is 0.266 e. The van der Waals surface area contributed by atoms with Crippen LogP contribution in [-0.2, 0) is 21.5 Å². The summed E-state index contributed by atoms with van der Waals surface area (Å²) in [6.07, 6.45) is 9.75. The van der Waals surface area contributed by atoms with Gasteiger partial charge in [-0.15, -0.1) is 0 Å². The maximum absolute atomic E-state index is 12.2. The molecule has 1 unspecified atom stereocenters. The first-order chi connectivity index (χ1) is 16.1. The van der Waals surface area contributed by atoms with Gasteiger partial charge >= 0.3 is 0 Å². The average Bonchev–Trinajstić information content (AvgIpc) is 3.46. The summed E-state index contributed by atoms with van der Waals surface area (Å²) in [5.74, 6) is 6.59. The number of fused-ring (bicyclic) bond motifs is 1. The van der Waals surface area contributed by atoms with Crippen LogP contribution in [0.2, 0.25) is 0 Å². The van der Waals surface area contributed by atoms with E-state index in [9.17, 15) is 4.21 Å². The standard InChI is InChI=1S/C25H35N5O3S/c1-25(2,3)23-27-24(28-33-23)29-10-6-18(7-11-29)21-15-19-14-20(26-16-22(19)32-21)17-8-12-30(13-9-17)34(4,5)31/h8,14,16,18,21H,4,6-7,9-13,15H2,1-3,5H3/t21-,34?/m1/s1. The van der Waals surface area contributed by atoms with Crippen LogP contribution in [0.3, 0.4) is 0 Å². The van der Waals surface area contributed by atoms with E-state index in [1.165, 1.54) is 11.1 Å². The monoisotopic (exact) mass is 485 g/mol. The second-order valence-electron chi connectivity index (χ2n) is 10.8. The zero-order valence-corrected chi connectivity index (χ0v) is 21.4. The predicted molar refractivity (Wildman–Crippen MR) is 136 cm³/mol. The summed E-state index contributed by atoms with van der Waals surface area (Å²) in [5, 5.41) is 4.21. The normalized spacial score (nSPS) is 23.8. The topological polar surface area (TPSA) is 84.6 Å². The molecule has 0 spiro atoms. The maximum atomic E-state index is 12.2. The highest BCUT2D eigenvalue weighted by Gasteiger charge is 2.35. The van der Waals surface area contributed by atoms with Gasteiger partial charge < -0.3 is 14.2 Å². The van der Waals surface area contributed by atoms with Crippen molar-refractivity contribution in [1.29, 1.82) is 0 Å². The molecule has 3 aliphatic rings. The van der Waals surface area contributed by atoms with Gasteiger partial charge in [0.2, 0.25) is 5.89 Å². The molecule has 5 rings (SSSR count). The van der Waals surface area contributed by atoms with Crippen molar-refractivity contribution >= 4 is 27.1 Å². The second-order valence-corrected chi connectivity index (χ2v) is 13.3. The van der Waals surface area contributed by atoms with Crippen LogP contribution in [0.15, 0.2) is 22.9 Å². The summed E-state index contributed by atoms with van der Waals surface area (Å²) in [5.41, 5.74) is 3.33. The summed E-state index contributed by atoms with van der Waals surface area (Å²) in [4.78, 5) is 11.5. The van der Waals surface area contributed by atoms with Crippen molar-refractivity contribution in [3.05, 3.63) is 35.5 Å². The predicted octanol–water partition coefficient (Wildman–Crippen LogP) is 3.33. The number of pyridine rings is 1. The Hall–Kier alpha value is -2.39. The lowest BCUT2D eigenvalue weighted by Crippen LogP contribution is -2.39. The minimum absolute atomic E-state index is 0.141. The van der Waals surface area contributed by atoms with E-state index in [1.54, 1.807) is 6.26 Å². The van der Waals surface area contributed by atoms with Crippen LogP contribution in [0.25, 0.3) is 5.57 Å². The van der Waals surface area contributed by atoms with Crippen molar-refractivity contribution in [3.8, 4) is 5.75 Å². The van der Waals surface area contributed by atoms with Crippen LogP contribution in [0, 0.1) is 5.92 Å². The lowest BCUT2D eigenvalue weighted by molar-refractivity contribution is 0.138. The largest absolute Gasteiger partial charge is 0.488 e. The SMILES string of the molecule is C=S(C)(=O)N1CC=C(c2cc3c(cn2)O[C@@H](C2CCN(c4noc(C(C)(C)C)n4)CC2)C3)CC1. The molecule has 0 aliphatic carbocycles. The van der Waals surface area contributed by atoms with Gasteiger partial charge in [0.1, 0.15) is 11.9 Å². The number of hydrogen-bond acceptors (Lipinski definition) is 7. The molecule has 184 valence electrons. The summed E-state index contributed by atoms with van der Waals surface area (Å²) >= 11 is 0. The summed E-state index contributed by atoms with van der Waals surface area (Å²) in [6.45, 7) is 9.46. The van der Waals surface area contributed by atoms with Crippen molar-refractivity contribution < 1.29 is 13.5 Å². The molecule has 8 nitrogen and oxygen atoms in total. The van der Waals surface area contributed by atoms with Crippen LogP contribution in [0.4, 0.5) is 5.95 Å². The third kappa shape index (κ3) is 4.73. The van der Waals surface area contributed by atoms with Gasteiger partial charge in [-0.25, -0.2) is 4.31 Å². The van der Waals surface area contributed by atoms with Gasteiger partial charge in [-0.2, -0.15) is 4.98 Å². The Morgan fingerprint density at radius 2 is 1.97 bits per heavy atom. The Bertz CT molecular complexity index is 1190. The van der Waals surface area contributed by atoms with Gasteiger partial charge in [0, 0.05) is 59.5 Å². The van der Waals surface area contributed by atoms with Gasteiger partial charge in [-0.3, -0.25) is 9.19 Å². The summed E-state index contributed by atoms with van der Waals surface area (Å²) in [6, 6.07) is 2.19. The van der Waals surface area contributed by atoms with Crippen LogP contribution >= 0.6 is 0 Å². The van der Waals surface area contributed by atoms with Gasteiger partial charge in [-0.05, 0) is 47.8 Å². The Balaban J connectivity index is 1.19. The van der Waals surface area contributed by atoms with Crippen LogP contribution in [0.1, 0.15) is 57.2 Å². The molecule has 3 aliphatic heterocycles. The first kappa shape index (κ1) is 23.4. The zero-order chi connectivity index (χ0) is 24.1. The molecule has 0 N–H and O–H groups in total. The average molecular weight is 486 g/mol. The van der Waals surface area contributed by atoms with E-state index < -0.39 is 9.71 Å². The smallest absolute Gasteiger partial charge is 0.266 e. The highest BCUT2D eigenvalue weighted by Crippen LogP contribution is 2.37. The van der Waals surface area contributed by atoms with Gasteiger partial charge in [0.25, 0.3) is 5.95 Å². The van der Waals surface area contributed by atoms with E-state index in [-0.39, 0.29) is 11.5 Å². The van der Waals surface area contributed by atoms with Gasteiger partial charge in [0.05, 0.1) is 11.9 Å². The number of anilines is 1. The molecule has 1 saturated heterocycles. The van der Waals surface area contributed by atoms with E-state index in [0.717, 1.165) is 56.8 Å². The number of aromatic nitrogens is 3. The highest BCUT2D eigenvalue weighted by atomic mass is 32.2. The molecular weight excluding hydrogens is 450 g/mol. The molecule has 2 aromatic rings. The van der Waals surface area contributed by atoms with Gasteiger partial charge in [0.15, 0.2) is 0 Å². The van der Waals surface area contributed by atoms with Crippen LogP contribution in [-0.4, -0.2) is 68.0 Å². The zero-order valence-electron chi connectivity index (χ0n) is 20.6. The highest BCUT2D eigenvalue weighted by molar-refractivity contribution is 7.97. The molecule has 2 aromatic heterocycles. The first-order valence-corrected chi connectivity index (χ1v) is 14.2. The second kappa shape index (κ2) is 8.68. The summed E-state index contributed by atoms with van der Waals surface area (Å²) in [7, 11) is -2.16. The molecule has 0 amide bonds. The molecule has 34 heavy (non-hydrogen) atoms. The quantitative estimate of drug-likeness (QED) is 0.614. The van der Waals surface area contributed by atoms with Crippen molar-refractivity contribution in [3.63, 3.8) is 0 Å². The Morgan fingerprint density at radius 1 is 1.21 bits per heavy atom. The fraction of sp³-hybridized carbons (Fsp3) is 0.600. The molecule has 0 saturated carbocycles. The number of nitrogens with zero attached hydrogens (tertiary/aromatic N) is 5. The molecule has 5 heterocycles. The molecular formula is C25H35N5O3S. The minimum atomic E-state index is -2.16. The Morgan fingerprint density at radius 3 is 2.59 bits per heavy atom. The Labute approximate surface area is 202 Å². The molecule has 2 atom stereocenters. The minimum Gasteiger partial charge on any atom is -0.488 e. The Kier molecular flexibility index (Phi) is 5.96. The lowest BCUT2D eigenvalue weighted by atomic mass is 9.89. The molecule has 1 fully saturated rings. The number of piperidine rings is 1. The van der Waals surface area contributed by atoms with Gasteiger partial charge in [-0.1, -0.05) is 26.8 Å². The number of hydrogen-bond donors (Lipinski definition) is 0. The molecule has 0 aromatic carbocycles. The molecule has 0 radical (unpaired) electrons. The van der Waals surface area contributed by atoms with E-state index in [1.807, 2.05) is 10.5 Å². The van der Waals surface area contributed by atoms with Crippen molar-refractivity contribution in [2.24, 2.45) is 5.92 Å². The first-order valence-electron chi connectivity index (χ1n) is 12.1. The van der Waals surface area contributed by atoms with E-state index in [4.69, 9.17) is 9.26 Å². The summed E-state index contributed by atoms with van der Waals surface area (Å²) < 4.78 is 26.0. The van der Waals surface area contributed by atoms with Crippen molar-refractivity contribution in [2.45, 2.75) is 58.0 Å². The molecule has 9 heteroatoms.